The minimum Gasteiger partial charge on any atom is -0.491 e. The Bertz CT molecular complexity index is 960. The Labute approximate surface area is 183 Å². The summed E-state index contributed by atoms with van der Waals surface area (Å²) in [6.45, 7) is 8.58. The molecule has 0 bridgehead atoms. The van der Waals surface area contributed by atoms with Gasteiger partial charge in [0.15, 0.2) is 11.5 Å². The predicted molar refractivity (Wildman–Crippen MR) is 119 cm³/mol. The maximum absolute atomic E-state index is 12.4. The van der Waals surface area contributed by atoms with Crippen molar-refractivity contribution in [3.05, 3.63) is 47.0 Å². The van der Waals surface area contributed by atoms with Gasteiger partial charge in [-0.1, -0.05) is 18.5 Å². The van der Waals surface area contributed by atoms with E-state index >= 15 is 0 Å². The van der Waals surface area contributed by atoms with Gasteiger partial charge in [0.2, 0.25) is 0 Å². The van der Waals surface area contributed by atoms with E-state index in [1.807, 2.05) is 27.7 Å². The van der Waals surface area contributed by atoms with Gasteiger partial charge in [0.1, 0.15) is 5.75 Å². The Morgan fingerprint density at radius 3 is 2.43 bits per heavy atom. The number of nitrogens with one attached hydrogen (secondary N) is 1. The molecule has 30 heavy (non-hydrogen) atoms. The maximum atomic E-state index is 12.4. The van der Waals surface area contributed by atoms with Crippen molar-refractivity contribution in [2.75, 3.05) is 13.2 Å². The van der Waals surface area contributed by atoms with Crippen LogP contribution in [-0.2, 0) is 10.0 Å². The van der Waals surface area contributed by atoms with Crippen LogP contribution in [0.25, 0.3) is 0 Å². The highest BCUT2D eigenvalue weighted by Gasteiger charge is 2.14. The number of sulfonamides is 1. The second kappa shape index (κ2) is 11.1. The highest BCUT2D eigenvalue weighted by molar-refractivity contribution is 7.89. The zero-order chi connectivity index (χ0) is 22.1. The van der Waals surface area contributed by atoms with Gasteiger partial charge in [-0.25, -0.2) is 4.83 Å². The molecular weight excluding hydrogens is 428 g/mol. The molecule has 2 aromatic carbocycles. The molecule has 0 radical (unpaired) electrons. The molecule has 2 rings (SSSR count). The zero-order valence-corrected chi connectivity index (χ0v) is 19.1. The third-order valence-corrected chi connectivity index (χ3v) is 5.19. The van der Waals surface area contributed by atoms with Gasteiger partial charge < -0.3 is 14.2 Å². The van der Waals surface area contributed by atoms with Crippen LogP contribution in [0.5, 0.6) is 17.2 Å². The first kappa shape index (κ1) is 23.8. The lowest BCUT2D eigenvalue weighted by Crippen LogP contribution is -2.18. The van der Waals surface area contributed by atoms with Gasteiger partial charge in [-0.15, -0.1) is 0 Å². The smallest absolute Gasteiger partial charge is 0.276 e. The number of hydrogen-bond donors (Lipinski definition) is 1. The van der Waals surface area contributed by atoms with Crippen LogP contribution >= 0.6 is 11.6 Å². The monoisotopic (exact) mass is 454 g/mol. The summed E-state index contributed by atoms with van der Waals surface area (Å²) in [5, 5.41) is 4.21. The summed E-state index contributed by atoms with van der Waals surface area (Å²) in [5.41, 5.74) is 0.565. The molecule has 0 heterocycles. The first-order valence-corrected chi connectivity index (χ1v) is 11.5. The summed E-state index contributed by atoms with van der Waals surface area (Å²) in [6.07, 6.45) is 2.19. The van der Waals surface area contributed by atoms with E-state index in [-0.39, 0.29) is 11.0 Å². The van der Waals surface area contributed by atoms with E-state index in [0.29, 0.717) is 41.0 Å². The summed E-state index contributed by atoms with van der Waals surface area (Å²) in [6, 6.07) is 9.43. The molecule has 0 atom stereocenters. The summed E-state index contributed by atoms with van der Waals surface area (Å²) < 4.78 is 41.6. The van der Waals surface area contributed by atoms with Crippen LogP contribution < -0.4 is 19.0 Å². The van der Waals surface area contributed by atoms with Crippen molar-refractivity contribution in [3.63, 3.8) is 0 Å². The average molecular weight is 455 g/mol. The van der Waals surface area contributed by atoms with Gasteiger partial charge >= 0.3 is 0 Å². The quantitative estimate of drug-likeness (QED) is 0.395. The molecule has 0 aliphatic carbocycles. The molecule has 0 saturated carbocycles. The van der Waals surface area contributed by atoms with Gasteiger partial charge in [0.25, 0.3) is 10.0 Å². The van der Waals surface area contributed by atoms with Crippen LogP contribution in [-0.4, -0.2) is 34.0 Å². The number of benzene rings is 2. The largest absolute Gasteiger partial charge is 0.491 e. The fourth-order valence-electron chi connectivity index (χ4n) is 2.46. The van der Waals surface area contributed by atoms with Crippen LogP contribution in [0.15, 0.2) is 46.4 Å². The van der Waals surface area contributed by atoms with Crippen LogP contribution in [0.2, 0.25) is 5.02 Å². The minimum absolute atomic E-state index is 0.00217. The Kier molecular flexibility index (Phi) is 8.80. The van der Waals surface area contributed by atoms with Crippen LogP contribution in [0.3, 0.4) is 0 Å². The second-order valence-corrected chi connectivity index (χ2v) is 8.67. The molecule has 0 saturated heterocycles. The fourth-order valence-corrected chi connectivity index (χ4v) is 3.53. The number of hydrazone groups is 1. The van der Waals surface area contributed by atoms with Crippen molar-refractivity contribution in [2.24, 2.45) is 5.10 Å². The van der Waals surface area contributed by atoms with E-state index in [0.717, 1.165) is 6.42 Å². The SMILES string of the molecule is CCCOc1c(Cl)cc(/C=N/NS(=O)(=O)c2ccc(OC(C)C)cc2)cc1OCC. The molecular formula is C21H27ClN2O5S. The lowest BCUT2D eigenvalue weighted by Gasteiger charge is -2.13. The standard InChI is InChI=1S/C21H27ClN2O5S/c1-5-11-28-21-19(22)12-16(13-20(21)27-6-2)14-23-24-30(25,26)18-9-7-17(8-10-18)29-15(3)4/h7-10,12-15,24H,5-6,11H2,1-4H3/b23-14+. The number of halogens is 1. The minimum atomic E-state index is -3.82. The van der Waals surface area contributed by atoms with Crippen molar-refractivity contribution in [1.82, 2.24) is 4.83 Å². The van der Waals surface area contributed by atoms with Crippen molar-refractivity contribution in [3.8, 4) is 17.2 Å². The van der Waals surface area contributed by atoms with E-state index in [9.17, 15) is 8.42 Å². The second-order valence-electron chi connectivity index (χ2n) is 6.60. The van der Waals surface area contributed by atoms with Crippen molar-refractivity contribution >= 4 is 27.8 Å². The summed E-state index contributed by atoms with van der Waals surface area (Å²) >= 11 is 6.30. The highest BCUT2D eigenvalue weighted by Crippen LogP contribution is 2.36. The lowest BCUT2D eigenvalue weighted by molar-refractivity contribution is 0.242. The van der Waals surface area contributed by atoms with E-state index in [1.165, 1.54) is 18.3 Å². The molecule has 9 heteroatoms. The molecule has 0 spiro atoms. The van der Waals surface area contributed by atoms with E-state index in [4.69, 9.17) is 25.8 Å². The Morgan fingerprint density at radius 1 is 1.13 bits per heavy atom. The van der Waals surface area contributed by atoms with Gasteiger partial charge in [-0.3, -0.25) is 0 Å². The van der Waals surface area contributed by atoms with E-state index < -0.39 is 10.0 Å². The Hall–Kier alpha value is -2.45. The van der Waals surface area contributed by atoms with E-state index in [1.54, 1.807) is 24.3 Å². The summed E-state index contributed by atoms with van der Waals surface area (Å²) in [4.78, 5) is 2.27. The van der Waals surface area contributed by atoms with Crippen LogP contribution in [0.1, 0.15) is 39.7 Å². The fraction of sp³-hybridized carbons (Fsp3) is 0.381. The topological polar surface area (TPSA) is 86.2 Å². The third kappa shape index (κ3) is 6.81. The van der Waals surface area contributed by atoms with Crippen molar-refractivity contribution in [1.29, 1.82) is 0 Å². The number of ether oxygens (including phenoxy) is 3. The first-order valence-electron chi connectivity index (χ1n) is 9.67. The molecule has 0 amide bonds. The molecule has 0 aliphatic rings. The van der Waals surface area contributed by atoms with Gasteiger partial charge in [0, 0.05) is 0 Å². The first-order chi connectivity index (χ1) is 14.3. The molecule has 1 N–H and O–H groups in total. The van der Waals surface area contributed by atoms with E-state index in [2.05, 4.69) is 9.93 Å². The lowest BCUT2D eigenvalue weighted by atomic mass is 10.2. The predicted octanol–water partition coefficient (Wildman–Crippen LogP) is 4.63. The Morgan fingerprint density at radius 2 is 1.83 bits per heavy atom. The molecule has 0 unspecified atom stereocenters. The molecule has 7 nitrogen and oxygen atoms in total. The van der Waals surface area contributed by atoms with Gasteiger partial charge in [0.05, 0.1) is 35.5 Å². The molecule has 164 valence electrons. The Balaban J connectivity index is 2.14. The summed E-state index contributed by atoms with van der Waals surface area (Å²) in [7, 11) is -3.82. The number of hydrogen-bond acceptors (Lipinski definition) is 6. The number of nitrogens with zero attached hydrogens (tertiary/aromatic N) is 1. The van der Waals surface area contributed by atoms with Crippen LogP contribution in [0, 0.1) is 0 Å². The normalized spacial score (nSPS) is 11.7. The third-order valence-electron chi connectivity index (χ3n) is 3.67. The average Bonchev–Trinajstić information content (AvgIpc) is 2.67. The molecule has 0 aliphatic heterocycles. The molecule has 2 aromatic rings. The highest BCUT2D eigenvalue weighted by atomic mass is 35.5. The molecule has 0 fully saturated rings. The molecule has 0 aromatic heterocycles. The van der Waals surface area contributed by atoms with Gasteiger partial charge in [-0.2, -0.15) is 13.5 Å². The zero-order valence-electron chi connectivity index (χ0n) is 17.5. The van der Waals surface area contributed by atoms with Crippen molar-refractivity contribution < 1.29 is 22.6 Å². The number of rotatable bonds is 11. The summed E-state index contributed by atoms with van der Waals surface area (Å²) in [5.74, 6) is 1.53. The van der Waals surface area contributed by atoms with Crippen LogP contribution in [0.4, 0.5) is 0 Å². The maximum Gasteiger partial charge on any atom is 0.276 e. The van der Waals surface area contributed by atoms with Gasteiger partial charge in [-0.05, 0) is 69.2 Å². The van der Waals surface area contributed by atoms with Crippen molar-refractivity contribution in [2.45, 2.75) is 45.1 Å².